The molecule has 0 rings (SSSR count). The van der Waals surface area contributed by atoms with Gasteiger partial charge in [0.15, 0.2) is 6.10 Å². The molecular weight excluding hydrogens is 1160 g/mol. The number of nitrogens with zero attached hydrogens (tertiary/aromatic N) is 1. The summed E-state index contributed by atoms with van der Waals surface area (Å²) in [5.74, 6) is -1.97. The van der Waals surface area contributed by atoms with Gasteiger partial charge in [-0.3, -0.25) is 9.59 Å². The Morgan fingerprint density at radius 3 is 0.840 bits per heavy atom. The van der Waals surface area contributed by atoms with Gasteiger partial charge in [-0.2, -0.15) is 0 Å². The third kappa shape index (κ3) is 77.1. The number of hydrogen-bond acceptors (Lipinski definition) is 7. The van der Waals surface area contributed by atoms with Crippen molar-refractivity contribution in [3.05, 3.63) is 24.3 Å². The lowest BCUT2D eigenvalue weighted by atomic mass is 10.0. The molecule has 1 N–H and O–H groups in total. The third-order valence-electron chi connectivity index (χ3n) is 19.5. The molecule has 0 heterocycles. The molecule has 94 heavy (non-hydrogen) atoms. The molecule has 0 fully saturated rings. The van der Waals surface area contributed by atoms with E-state index in [1.807, 2.05) is 21.1 Å². The van der Waals surface area contributed by atoms with Gasteiger partial charge in [-0.15, -0.1) is 0 Å². The van der Waals surface area contributed by atoms with E-state index in [1.54, 1.807) is 0 Å². The number of carbonyl (C=O) groups is 3. The van der Waals surface area contributed by atoms with E-state index in [4.69, 9.17) is 18.9 Å². The van der Waals surface area contributed by atoms with Crippen LogP contribution in [0.5, 0.6) is 0 Å². The lowest BCUT2D eigenvalue weighted by Gasteiger charge is -2.25. The van der Waals surface area contributed by atoms with E-state index < -0.39 is 18.4 Å². The molecule has 9 heteroatoms. The van der Waals surface area contributed by atoms with Crippen LogP contribution in [0.1, 0.15) is 444 Å². The summed E-state index contributed by atoms with van der Waals surface area (Å²) >= 11 is 0. The number of ether oxygens (including phenoxy) is 4. The molecular formula is C85H164NO8+. The van der Waals surface area contributed by atoms with Gasteiger partial charge in [-0.1, -0.05) is 411 Å². The number of aliphatic carboxylic acids is 1. The standard InChI is InChI=1S/C85H163NO8/c1-6-8-10-12-14-16-18-20-22-24-26-28-30-32-34-36-38-39-40-41-42-43-44-46-47-49-51-53-55-57-59-61-63-65-67-69-71-73-75-82(87)92-79-81(80-93-85(84(89)90)91-78-77-86(3,4)5)94-83(88)76-74-72-70-68-66-64-62-60-58-56-54-52-50-48-45-37-35-33-31-29-27-25-23-21-19-17-15-13-11-9-7-2/h19,21,25,27,81,85H,6-18,20,22-24,26,28-80H2,1-5H3/p+1/b21-19-,27-25-. The predicted octanol–water partition coefficient (Wildman–Crippen LogP) is 26.9. The van der Waals surface area contributed by atoms with Crippen molar-refractivity contribution < 1.29 is 42.9 Å². The molecule has 9 nitrogen and oxygen atoms in total. The summed E-state index contributed by atoms with van der Waals surface area (Å²) in [5.41, 5.74) is 0. The number of allylic oxidation sites excluding steroid dienone is 4. The second-order valence-electron chi connectivity index (χ2n) is 30.2. The number of carbonyl (C=O) groups excluding carboxylic acids is 2. The average Bonchev–Trinajstić information content (AvgIpc) is 3.76. The van der Waals surface area contributed by atoms with E-state index in [9.17, 15) is 19.5 Å². The lowest BCUT2D eigenvalue weighted by molar-refractivity contribution is -0.870. The highest BCUT2D eigenvalue weighted by atomic mass is 16.7. The molecule has 0 saturated carbocycles. The van der Waals surface area contributed by atoms with E-state index in [0.717, 1.165) is 44.9 Å². The van der Waals surface area contributed by atoms with Crippen molar-refractivity contribution in [3.8, 4) is 0 Å². The zero-order valence-corrected chi connectivity index (χ0v) is 63.9. The van der Waals surface area contributed by atoms with Crippen LogP contribution in [-0.2, 0) is 33.3 Å². The molecule has 2 atom stereocenters. The van der Waals surface area contributed by atoms with Crippen molar-refractivity contribution in [2.75, 3.05) is 47.5 Å². The second kappa shape index (κ2) is 76.5. The SMILES string of the molecule is CCCCCCC/C=C\C/C=C\CCCCCCCCCCCCCCCCCCCCCC(=O)OC(COC(=O)CCCCCCCCCCCCCCCCCCCCCCCCCCCCCCCCCCCCCCCC)COC(OCC[N+](C)(C)C)C(=O)O. The molecule has 0 aromatic carbocycles. The van der Waals surface area contributed by atoms with Crippen molar-refractivity contribution in [1.29, 1.82) is 0 Å². The highest BCUT2D eigenvalue weighted by Crippen LogP contribution is 2.21. The van der Waals surface area contributed by atoms with Gasteiger partial charge >= 0.3 is 17.9 Å². The summed E-state index contributed by atoms with van der Waals surface area (Å²) < 4.78 is 23.1. The zero-order valence-electron chi connectivity index (χ0n) is 63.9. The Kier molecular flexibility index (Phi) is 74.7. The normalized spacial score (nSPS) is 12.6. The van der Waals surface area contributed by atoms with Crippen molar-refractivity contribution in [3.63, 3.8) is 0 Å². The number of likely N-dealkylation sites (N-methyl/N-ethyl adjacent to an activating group) is 1. The first-order chi connectivity index (χ1) is 46.1. The monoisotopic (exact) mass is 1330 g/mol. The van der Waals surface area contributed by atoms with Crippen LogP contribution >= 0.6 is 0 Å². The zero-order chi connectivity index (χ0) is 68.2. The summed E-state index contributed by atoms with van der Waals surface area (Å²) in [6, 6.07) is 0. The van der Waals surface area contributed by atoms with Crippen molar-refractivity contribution in [2.45, 2.75) is 456 Å². The lowest BCUT2D eigenvalue weighted by Crippen LogP contribution is -2.40. The van der Waals surface area contributed by atoms with Crippen LogP contribution in [0.15, 0.2) is 24.3 Å². The fourth-order valence-electron chi connectivity index (χ4n) is 13.1. The smallest absolute Gasteiger partial charge is 0.361 e. The maximum absolute atomic E-state index is 13.0. The Labute approximate surface area is 586 Å². The van der Waals surface area contributed by atoms with Gasteiger partial charge < -0.3 is 28.5 Å². The first kappa shape index (κ1) is 91.8. The minimum absolute atomic E-state index is 0.174. The Hall–Kier alpha value is -2.23. The summed E-state index contributed by atoms with van der Waals surface area (Å²) in [6.45, 7) is 4.96. The number of rotatable bonds is 80. The summed E-state index contributed by atoms with van der Waals surface area (Å²) in [6.07, 6.45) is 95.1. The number of carboxylic acids is 1. The van der Waals surface area contributed by atoms with Gasteiger partial charge in [-0.05, 0) is 44.9 Å². The van der Waals surface area contributed by atoms with Crippen molar-refractivity contribution in [2.24, 2.45) is 0 Å². The van der Waals surface area contributed by atoms with Gasteiger partial charge in [0.05, 0.1) is 34.4 Å². The first-order valence-electron chi connectivity index (χ1n) is 42.0. The van der Waals surface area contributed by atoms with Crippen LogP contribution in [0, 0.1) is 0 Å². The van der Waals surface area contributed by atoms with E-state index >= 15 is 0 Å². The molecule has 556 valence electrons. The minimum atomic E-state index is -1.51. The molecule has 0 amide bonds. The van der Waals surface area contributed by atoms with E-state index in [2.05, 4.69) is 38.2 Å². The topological polar surface area (TPSA) is 108 Å². The summed E-state index contributed by atoms with van der Waals surface area (Å²) in [7, 11) is 6.00. The van der Waals surface area contributed by atoms with Gasteiger partial charge in [-0.25, -0.2) is 4.79 Å². The molecule has 0 bridgehead atoms. The highest BCUT2D eigenvalue weighted by molar-refractivity contribution is 5.71. The van der Waals surface area contributed by atoms with Crippen LogP contribution in [0.3, 0.4) is 0 Å². The van der Waals surface area contributed by atoms with E-state index in [-0.39, 0.29) is 38.2 Å². The van der Waals surface area contributed by atoms with Gasteiger partial charge in [0.2, 0.25) is 0 Å². The Morgan fingerprint density at radius 1 is 0.319 bits per heavy atom. The number of esters is 2. The minimum Gasteiger partial charge on any atom is -0.477 e. The van der Waals surface area contributed by atoms with Crippen LogP contribution in [-0.4, -0.2) is 87.4 Å². The predicted molar refractivity (Wildman–Crippen MR) is 406 cm³/mol. The molecule has 2 unspecified atom stereocenters. The Bertz CT molecular complexity index is 1590. The quantitative estimate of drug-likeness (QED) is 0.0211. The number of unbranched alkanes of at least 4 members (excludes halogenated alkanes) is 61. The molecule has 0 saturated heterocycles. The van der Waals surface area contributed by atoms with Crippen molar-refractivity contribution in [1.82, 2.24) is 0 Å². The van der Waals surface area contributed by atoms with Gasteiger partial charge in [0.25, 0.3) is 6.29 Å². The molecule has 0 aliphatic carbocycles. The van der Waals surface area contributed by atoms with E-state index in [1.165, 1.54) is 372 Å². The van der Waals surface area contributed by atoms with Crippen LogP contribution in [0.4, 0.5) is 0 Å². The number of quaternary nitrogens is 1. The Morgan fingerprint density at radius 2 is 0.574 bits per heavy atom. The van der Waals surface area contributed by atoms with Crippen LogP contribution in [0.25, 0.3) is 0 Å². The maximum atomic E-state index is 13.0. The molecule has 0 radical (unpaired) electrons. The van der Waals surface area contributed by atoms with Crippen molar-refractivity contribution >= 4 is 17.9 Å². The highest BCUT2D eigenvalue weighted by Gasteiger charge is 2.25. The third-order valence-corrected chi connectivity index (χ3v) is 19.5. The van der Waals surface area contributed by atoms with Gasteiger partial charge in [0, 0.05) is 12.8 Å². The Balaban J connectivity index is 3.92. The number of hydrogen-bond donors (Lipinski definition) is 1. The fraction of sp³-hybridized carbons (Fsp3) is 0.918. The summed E-state index contributed by atoms with van der Waals surface area (Å²) in [5, 5.41) is 9.78. The maximum Gasteiger partial charge on any atom is 0.361 e. The van der Waals surface area contributed by atoms with Crippen LogP contribution < -0.4 is 0 Å². The fourth-order valence-corrected chi connectivity index (χ4v) is 13.1. The van der Waals surface area contributed by atoms with E-state index in [0.29, 0.717) is 17.4 Å². The average molecular weight is 1330 g/mol. The first-order valence-corrected chi connectivity index (χ1v) is 42.0. The second-order valence-corrected chi connectivity index (χ2v) is 30.2. The molecule has 0 aromatic heterocycles. The summed E-state index contributed by atoms with van der Waals surface area (Å²) in [4.78, 5) is 37.8. The molecule has 0 spiro atoms. The molecule has 0 aliphatic rings. The number of carboxylic acid groups (broad SMARTS) is 1. The molecule has 0 aliphatic heterocycles. The molecule has 0 aromatic rings. The largest absolute Gasteiger partial charge is 0.477 e. The van der Waals surface area contributed by atoms with Gasteiger partial charge in [0.1, 0.15) is 13.2 Å². The van der Waals surface area contributed by atoms with Crippen LogP contribution in [0.2, 0.25) is 0 Å².